The first-order valence-electron chi connectivity index (χ1n) is 6.93. The molecule has 112 valence electrons. The van der Waals surface area contributed by atoms with Crippen LogP contribution < -0.4 is 10.9 Å². The Labute approximate surface area is 126 Å². The molecule has 2 heterocycles. The monoisotopic (exact) mass is 297 g/mol. The van der Waals surface area contributed by atoms with E-state index in [1.165, 1.54) is 0 Å². The van der Waals surface area contributed by atoms with Crippen molar-refractivity contribution in [2.45, 2.75) is 13.0 Å². The van der Waals surface area contributed by atoms with E-state index < -0.39 is 0 Å². The number of H-pyrrole nitrogens is 1. The van der Waals surface area contributed by atoms with E-state index in [1.807, 2.05) is 16.8 Å². The number of imidazole rings is 1. The largest absolute Gasteiger partial charge is 0.354 e. The number of aromatic nitrogens is 4. The molecule has 0 unspecified atom stereocenters. The standard InChI is InChI=1S/C15H15N5O2/c21-14(17-6-8-20-7-5-16-10-20)9-13-11-3-1-2-4-12(11)15(22)19-18-13/h1-5,7,10H,6,8-9H2,(H,17,21)(H,19,22). The van der Waals surface area contributed by atoms with Gasteiger partial charge in [-0.2, -0.15) is 5.10 Å². The molecule has 0 radical (unpaired) electrons. The predicted octanol–water partition coefficient (Wildman–Crippen LogP) is 0.478. The van der Waals surface area contributed by atoms with Gasteiger partial charge in [0.05, 0.1) is 23.8 Å². The van der Waals surface area contributed by atoms with E-state index in [1.54, 1.807) is 30.7 Å². The molecule has 1 aromatic carbocycles. The summed E-state index contributed by atoms with van der Waals surface area (Å²) in [5, 5.41) is 10.5. The molecule has 0 fully saturated rings. The number of nitrogens with one attached hydrogen (secondary N) is 2. The Morgan fingerprint density at radius 3 is 2.86 bits per heavy atom. The lowest BCUT2D eigenvalue weighted by atomic mass is 10.1. The van der Waals surface area contributed by atoms with E-state index in [2.05, 4.69) is 20.5 Å². The summed E-state index contributed by atoms with van der Waals surface area (Å²) in [6.45, 7) is 1.17. The van der Waals surface area contributed by atoms with Gasteiger partial charge in [-0.15, -0.1) is 0 Å². The Hall–Kier alpha value is -2.96. The van der Waals surface area contributed by atoms with Gasteiger partial charge >= 0.3 is 0 Å². The zero-order valence-electron chi connectivity index (χ0n) is 11.8. The number of hydrogen-bond acceptors (Lipinski definition) is 4. The van der Waals surface area contributed by atoms with Crippen molar-refractivity contribution in [3.05, 3.63) is 59.0 Å². The summed E-state index contributed by atoms with van der Waals surface area (Å²) in [6, 6.07) is 7.12. The molecule has 0 saturated carbocycles. The molecule has 2 N–H and O–H groups in total. The van der Waals surface area contributed by atoms with E-state index in [0.29, 0.717) is 29.6 Å². The summed E-state index contributed by atoms with van der Waals surface area (Å²) in [6.07, 6.45) is 5.35. The Balaban J connectivity index is 1.66. The summed E-state index contributed by atoms with van der Waals surface area (Å²) in [5.41, 5.74) is 0.315. The number of carbonyl (C=O) groups excluding carboxylic acids is 1. The summed E-state index contributed by atoms with van der Waals surface area (Å²) in [4.78, 5) is 27.6. The number of amides is 1. The molecular formula is C15H15N5O2. The molecule has 3 rings (SSSR count). The fraction of sp³-hybridized carbons (Fsp3) is 0.200. The zero-order valence-corrected chi connectivity index (χ0v) is 11.8. The quantitative estimate of drug-likeness (QED) is 0.716. The van der Waals surface area contributed by atoms with Gasteiger partial charge in [-0.05, 0) is 6.07 Å². The summed E-state index contributed by atoms with van der Waals surface area (Å²) in [7, 11) is 0. The summed E-state index contributed by atoms with van der Waals surface area (Å²) >= 11 is 0. The van der Waals surface area contributed by atoms with E-state index in [9.17, 15) is 9.59 Å². The second-order valence-corrected chi connectivity index (χ2v) is 4.87. The molecule has 1 amide bonds. The van der Waals surface area contributed by atoms with Crippen molar-refractivity contribution in [2.75, 3.05) is 6.54 Å². The van der Waals surface area contributed by atoms with Crippen LogP contribution in [0.1, 0.15) is 5.69 Å². The highest BCUT2D eigenvalue weighted by Gasteiger charge is 2.10. The smallest absolute Gasteiger partial charge is 0.272 e. The second-order valence-electron chi connectivity index (χ2n) is 4.87. The van der Waals surface area contributed by atoms with Gasteiger partial charge in [0.1, 0.15) is 0 Å². The third kappa shape index (κ3) is 3.03. The van der Waals surface area contributed by atoms with Crippen molar-refractivity contribution in [1.29, 1.82) is 0 Å². The minimum Gasteiger partial charge on any atom is -0.354 e. The lowest BCUT2D eigenvalue weighted by molar-refractivity contribution is -0.120. The molecule has 0 atom stereocenters. The first-order valence-corrected chi connectivity index (χ1v) is 6.93. The maximum Gasteiger partial charge on any atom is 0.272 e. The molecular weight excluding hydrogens is 282 g/mol. The Bertz CT molecular complexity index is 839. The van der Waals surface area contributed by atoms with Gasteiger partial charge < -0.3 is 9.88 Å². The fourth-order valence-electron chi connectivity index (χ4n) is 2.26. The summed E-state index contributed by atoms with van der Waals surface area (Å²) in [5.74, 6) is -0.134. The van der Waals surface area contributed by atoms with Gasteiger partial charge in [-0.3, -0.25) is 9.59 Å². The number of fused-ring (bicyclic) bond motifs is 1. The molecule has 3 aromatic rings. The number of aromatic amines is 1. The Kier molecular flexibility index (Phi) is 3.95. The van der Waals surface area contributed by atoms with Gasteiger partial charge in [-0.1, -0.05) is 18.2 Å². The van der Waals surface area contributed by atoms with Crippen LogP contribution in [0.3, 0.4) is 0 Å². The number of benzene rings is 1. The van der Waals surface area contributed by atoms with Crippen molar-refractivity contribution >= 4 is 16.7 Å². The van der Waals surface area contributed by atoms with Crippen LogP contribution >= 0.6 is 0 Å². The third-order valence-corrected chi connectivity index (χ3v) is 3.35. The van der Waals surface area contributed by atoms with Crippen LogP contribution in [0.4, 0.5) is 0 Å². The molecule has 0 aliphatic carbocycles. The van der Waals surface area contributed by atoms with Crippen LogP contribution in [-0.4, -0.2) is 32.2 Å². The molecule has 2 aromatic heterocycles. The third-order valence-electron chi connectivity index (χ3n) is 3.35. The van der Waals surface area contributed by atoms with Crippen LogP contribution in [0.15, 0.2) is 47.8 Å². The first kappa shape index (κ1) is 14.0. The van der Waals surface area contributed by atoms with E-state index in [4.69, 9.17) is 0 Å². The number of rotatable bonds is 5. The Morgan fingerprint density at radius 2 is 2.09 bits per heavy atom. The lowest BCUT2D eigenvalue weighted by Crippen LogP contribution is -2.29. The van der Waals surface area contributed by atoms with E-state index in [-0.39, 0.29) is 17.9 Å². The average Bonchev–Trinajstić information content (AvgIpc) is 3.04. The van der Waals surface area contributed by atoms with Crippen LogP contribution in [0.25, 0.3) is 10.8 Å². The van der Waals surface area contributed by atoms with Crippen LogP contribution in [0.2, 0.25) is 0 Å². The highest BCUT2D eigenvalue weighted by Crippen LogP contribution is 2.12. The van der Waals surface area contributed by atoms with Gasteiger partial charge in [0, 0.05) is 30.9 Å². The molecule has 0 aliphatic heterocycles. The molecule has 0 aliphatic rings. The average molecular weight is 297 g/mol. The molecule has 0 saturated heterocycles. The minimum absolute atomic E-state index is 0.126. The van der Waals surface area contributed by atoms with Crippen molar-refractivity contribution in [2.24, 2.45) is 0 Å². The van der Waals surface area contributed by atoms with Crippen LogP contribution in [0, 0.1) is 0 Å². The Morgan fingerprint density at radius 1 is 1.27 bits per heavy atom. The SMILES string of the molecule is O=C(Cc1n[nH]c(=O)c2ccccc12)NCCn1ccnc1. The number of carbonyl (C=O) groups is 1. The topological polar surface area (TPSA) is 92.7 Å². The predicted molar refractivity (Wildman–Crippen MR) is 81.3 cm³/mol. The van der Waals surface area contributed by atoms with Gasteiger partial charge in [0.2, 0.25) is 5.91 Å². The number of nitrogens with zero attached hydrogens (tertiary/aromatic N) is 3. The fourth-order valence-corrected chi connectivity index (χ4v) is 2.26. The first-order chi connectivity index (χ1) is 10.7. The molecule has 22 heavy (non-hydrogen) atoms. The van der Waals surface area contributed by atoms with Gasteiger partial charge in [-0.25, -0.2) is 10.1 Å². The van der Waals surface area contributed by atoms with Crippen molar-refractivity contribution in [3.8, 4) is 0 Å². The van der Waals surface area contributed by atoms with Crippen LogP contribution in [0.5, 0.6) is 0 Å². The van der Waals surface area contributed by atoms with Crippen molar-refractivity contribution in [3.63, 3.8) is 0 Å². The second kappa shape index (κ2) is 6.21. The van der Waals surface area contributed by atoms with E-state index in [0.717, 1.165) is 0 Å². The maximum absolute atomic E-state index is 12.0. The molecule has 0 bridgehead atoms. The number of hydrogen-bond donors (Lipinski definition) is 2. The van der Waals surface area contributed by atoms with E-state index >= 15 is 0 Å². The maximum atomic E-state index is 12.0. The highest BCUT2D eigenvalue weighted by molar-refractivity contribution is 5.88. The normalized spacial score (nSPS) is 10.7. The highest BCUT2D eigenvalue weighted by atomic mass is 16.1. The molecule has 7 heteroatoms. The van der Waals surface area contributed by atoms with Crippen molar-refractivity contribution in [1.82, 2.24) is 25.1 Å². The summed E-state index contributed by atoms with van der Waals surface area (Å²) < 4.78 is 1.88. The lowest BCUT2D eigenvalue weighted by Gasteiger charge is -2.07. The molecule has 7 nitrogen and oxygen atoms in total. The van der Waals surface area contributed by atoms with Gasteiger partial charge in [0.25, 0.3) is 5.56 Å². The van der Waals surface area contributed by atoms with Gasteiger partial charge in [0.15, 0.2) is 0 Å². The van der Waals surface area contributed by atoms with Crippen molar-refractivity contribution < 1.29 is 4.79 Å². The van der Waals surface area contributed by atoms with Crippen LogP contribution in [-0.2, 0) is 17.8 Å². The minimum atomic E-state index is -0.250. The zero-order chi connectivity index (χ0) is 15.4. The molecule has 0 spiro atoms.